The number of nitrogens with one attached hydrogen (secondary N) is 1. The molecule has 3 aromatic carbocycles. The number of hydrogen-bond donors (Lipinski definition) is 1. The number of rotatable bonds is 6. The van der Waals surface area contributed by atoms with Crippen molar-refractivity contribution in [3.63, 3.8) is 0 Å². The Hall–Kier alpha value is -3.51. The maximum Gasteiger partial charge on any atom is 0.260 e. The average Bonchev–Trinajstić information content (AvgIpc) is 3.32. The lowest BCUT2D eigenvalue weighted by molar-refractivity contribution is -0.917. The molecule has 0 atom stereocenters. The van der Waals surface area contributed by atoms with Crippen LogP contribution < -0.4 is 19.1 Å². The van der Waals surface area contributed by atoms with Crippen LogP contribution in [0.1, 0.15) is 5.56 Å². The van der Waals surface area contributed by atoms with Crippen molar-refractivity contribution in [3.8, 4) is 28.4 Å². The minimum atomic E-state index is 0.0370. The molecule has 0 unspecified atom stereocenters. The van der Waals surface area contributed by atoms with Crippen LogP contribution in [0.4, 0.5) is 0 Å². The first kappa shape index (κ1) is 20.4. The highest BCUT2D eigenvalue weighted by Gasteiger charge is 2.25. The fraction of sp³-hybridized carbons (Fsp3) is 0.269. The lowest BCUT2D eigenvalue weighted by Crippen LogP contribution is -3.13. The molecule has 2 aliphatic rings. The predicted octanol–water partition coefficient (Wildman–Crippen LogP) is 2.39. The molecule has 0 saturated carbocycles. The number of ether oxygens (including phenoxy) is 3. The first-order chi connectivity index (χ1) is 15.8. The van der Waals surface area contributed by atoms with Gasteiger partial charge in [0.15, 0.2) is 18.1 Å². The van der Waals surface area contributed by atoms with Crippen molar-refractivity contribution in [2.45, 2.75) is 6.54 Å². The van der Waals surface area contributed by atoms with Crippen LogP contribution in [0.3, 0.4) is 0 Å². The van der Waals surface area contributed by atoms with Crippen molar-refractivity contribution in [2.75, 3.05) is 39.6 Å². The van der Waals surface area contributed by atoms with Gasteiger partial charge in [0, 0.05) is 11.1 Å². The Balaban J connectivity index is 1.13. The maximum atomic E-state index is 12.8. The molecule has 0 spiro atoms. The molecule has 0 radical (unpaired) electrons. The number of amides is 1. The standard InChI is InChI=1S/C26H26N2O4/c29-26(18-30-23-9-5-4-8-22(23)21-6-2-1-3-7-21)28-14-12-27(13-15-28)17-20-10-11-24-25(16-20)32-19-31-24/h1-11,16H,12-15,17-19H2/p+1. The zero-order chi connectivity index (χ0) is 21.8. The van der Waals surface area contributed by atoms with Crippen LogP contribution in [-0.4, -0.2) is 50.4 Å². The van der Waals surface area contributed by atoms with Crippen LogP contribution in [0.15, 0.2) is 72.8 Å². The lowest BCUT2D eigenvalue weighted by Gasteiger charge is -2.32. The molecule has 3 aromatic rings. The van der Waals surface area contributed by atoms with Crippen LogP contribution in [0, 0.1) is 0 Å². The Morgan fingerprint density at radius 2 is 1.66 bits per heavy atom. The van der Waals surface area contributed by atoms with E-state index >= 15 is 0 Å². The highest BCUT2D eigenvalue weighted by Crippen LogP contribution is 2.32. The smallest absolute Gasteiger partial charge is 0.260 e. The third kappa shape index (κ3) is 4.55. The topological polar surface area (TPSA) is 52.4 Å². The highest BCUT2D eigenvalue weighted by atomic mass is 16.7. The van der Waals surface area contributed by atoms with E-state index in [2.05, 4.69) is 12.1 Å². The van der Waals surface area contributed by atoms with Crippen molar-refractivity contribution in [1.82, 2.24) is 4.90 Å². The Morgan fingerprint density at radius 1 is 0.906 bits per heavy atom. The second-order valence-electron chi connectivity index (χ2n) is 8.15. The molecule has 2 heterocycles. The molecule has 5 rings (SSSR count). The summed E-state index contributed by atoms with van der Waals surface area (Å²) in [5, 5.41) is 0. The zero-order valence-electron chi connectivity index (χ0n) is 18.0. The molecular formula is C26H27N2O4+. The van der Waals surface area contributed by atoms with Gasteiger partial charge in [-0.2, -0.15) is 0 Å². The summed E-state index contributed by atoms with van der Waals surface area (Å²) in [4.78, 5) is 16.1. The monoisotopic (exact) mass is 431 g/mol. The molecule has 0 aliphatic carbocycles. The van der Waals surface area contributed by atoms with E-state index in [0.717, 1.165) is 61.1 Å². The summed E-state index contributed by atoms with van der Waals surface area (Å²) in [7, 11) is 0. The van der Waals surface area contributed by atoms with Crippen LogP contribution in [0.25, 0.3) is 11.1 Å². The van der Waals surface area contributed by atoms with E-state index in [4.69, 9.17) is 14.2 Å². The number of benzene rings is 3. The van der Waals surface area contributed by atoms with E-state index in [-0.39, 0.29) is 12.5 Å². The fourth-order valence-corrected chi connectivity index (χ4v) is 4.27. The van der Waals surface area contributed by atoms with Gasteiger partial charge in [0.1, 0.15) is 12.3 Å². The van der Waals surface area contributed by atoms with E-state index in [9.17, 15) is 4.79 Å². The SMILES string of the molecule is O=C(COc1ccccc1-c1ccccc1)N1CC[NH+](Cc2ccc3c(c2)OCO3)CC1. The van der Waals surface area contributed by atoms with Gasteiger partial charge in [-0.05, 0) is 29.8 Å². The molecule has 32 heavy (non-hydrogen) atoms. The summed E-state index contributed by atoms with van der Waals surface area (Å²) < 4.78 is 16.8. The largest absolute Gasteiger partial charge is 0.483 e. The van der Waals surface area contributed by atoms with Crippen molar-refractivity contribution in [2.24, 2.45) is 0 Å². The summed E-state index contributed by atoms with van der Waals surface area (Å²) in [6.45, 7) is 4.58. The van der Waals surface area contributed by atoms with Crippen LogP contribution >= 0.6 is 0 Å². The Kier molecular flexibility index (Phi) is 5.94. The number of carbonyl (C=O) groups is 1. The van der Waals surface area contributed by atoms with E-state index in [0.29, 0.717) is 6.79 Å². The second-order valence-corrected chi connectivity index (χ2v) is 8.15. The zero-order valence-corrected chi connectivity index (χ0v) is 18.0. The molecule has 0 bridgehead atoms. The molecule has 6 heteroatoms. The van der Waals surface area contributed by atoms with Crippen LogP contribution in [0.5, 0.6) is 17.2 Å². The molecular weight excluding hydrogens is 404 g/mol. The quantitative estimate of drug-likeness (QED) is 0.651. The molecule has 1 amide bonds. The normalized spacial score (nSPS) is 15.6. The Bertz CT molecular complexity index is 1080. The van der Waals surface area contributed by atoms with Gasteiger partial charge in [-0.1, -0.05) is 48.5 Å². The van der Waals surface area contributed by atoms with Gasteiger partial charge in [0.2, 0.25) is 6.79 Å². The number of piperazine rings is 1. The van der Waals surface area contributed by atoms with Gasteiger partial charge in [-0.3, -0.25) is 4.79 Å². The number of para-hydroxylation sites is 1. The summed E-state index contributed by atoms with van der Waals surface area (Å²) in [6, 6.07) is 24.1. The molecule has 2 aliphatic heterocycles. The van der Waals surface area contributed by atoms with E-state index in [1.807, 2.05) is 65.6 Å². The Morgan fingerprint density at radius 3 is 2.50 bits per heavy atom. The lowest BCUT2D eigenvalue weighted by atomic mass is 10.1. The first-order valence-corrected chi connectivity index (χ1v) is 11.0. The number of carbonyl (C=O) groups excluding carboxylic acids is 1. The molecule has 1 fully saturated rings. The van der Waals surface area contributed by atoms with Gasteiger partial charge in [-0.15, -0.1) is 0 Å². The van der Waals surface area contributed by atoms with E-state index < -0.39 is 0 Å². The van der Waals surface area contributed by atoms with Gasteiger partial charge >= 0.3 is 0 Å². The second kappa shape index (κ2) is 9.32. The molecule has 1 N–H and O–H groups in total. The first-order valence-electron chi connectivity index (χ1n) is 11.0. The number of quaternary nitrogens is 1. The van der Waals surface area contributed by atoms with Crippen molar-refractivity contribution in [3.05, 3.63) is 78.4 Å². The van der Waals surface area contributed by atoms with Crippen molar-refractivity contribution in [1.29, 1.82) is 0 Å². The summed E-state index contributed by atoms with van der Waals surface area (Å²) in [6.07, 6.45) is 0. The van der Waals surface area contributed by atoms with E-state index in [1.165, 1.54) is 10.5 Å². The molecule has 0 aromatic heterocycles. The third-order valence-electron chi connectivity index (χ3n) is 6.04. The highest BCUT2D eigenvalue weighted by molar-refractivity contribution is 5.78. The van der Waals surface area contributed by atoms with Gasteiger partial charge < -0.3 is 24.0 Å². The summed E-state index contributed by atoms with van der Waals surface area (Å²) in [5.74, 6) is 2.41. The van der Waals surface area contributed by atoms with Crippen molar-refractivity contribution >= 4 is 5.91 Å². The molecule has 6 nitrogen and oxygen atoms in total. The van der Waals surface area contributed by atoms with Crippen molar-refractivity contribution < 1.29 is 23.9 Å². The number of hydrogen-bond acceptors (Lipinski definition) is 4. The van der Waals surface area contributed by atoms with E-state index in [1.54, 1.807) is 0 Å². The molecule has 1 saturated heterocycles. The Labute approximate surface area is 187 Å². The maximum absolute atomic E-state index is 12.8. The minimum Gasteiger partial charge on any atom is -0.483 e. The number of nitrogens with zero attached hydrogens (tertiary/aromatic N) is 1. The predicted molar refractivity (Wildman–Crippen MR) is 121 cm³/mol. The summed E-state index contributed by atoms with van der Waals surface area (Å²) >= 11 is 0. The minimum absolute atomic E-state index is 0.0370. The summed E-state index contributed by atoms with van der Waals surface area (Å²) in [5.41, 5.74) is 3.31. The van der Waals surface area contributed by atoms with Gasteiger partial charge in [0.05, 0.1) is 26.2 Å². The van der Waals surface area contributed by atoms with Gasteiger partial charge in [-0.25, -0.2) is 0 Å². The van der Waals surface area contributed by atoms with Crippen LogP contribution in [-0.2, 0) is 11.3 Å². The average molecular weight is 432 g/mol. The third-order valence-corrected chi connectivity index (χ3v) is 6.04. The molecule has 164 valence electrons. The fourth-order valence-electron chi connectivity index (χ4n) is 4.27. The van der Waals surface area contributed by atoms with Gasteiger partial charge in [0.25, 0.3) is 5.91 Å². The number of fused-ring (bicyclic) bond motifs is 1. The van der Waals surface area contributed by atoms with Crippen LogP contribution in [0.2, 0.25) is 0 Å².